The normalized spacial score (nSPS) is 15.1. The van der Waals surface area contributed by atoms with E-state index >= 15 is 0 Å². The molecule has 1 fully saturated rings. The number of carbonyl (C=O) groups excluding carboxylic acids is 2. The molecule has 0 saturated heterocycles. The third-order valence-electron chi connectivity index (χ3n) is 5.93. The van der Waals surface area contributed by atoms with E-state index in [-0.39, 0.29) is 17.9 Å². The summed E-state index contributed by atoms with van der Waals surface area (Å²) in [7, 11) is 0. The number of para-hydroxylation sites is 1. The average molecular weight is 501 g/mol. The van der Waals surface area contributed by atoms with Crippen LogP contribution in [0.1, 0.15) is 57.4 Å². The minimum Gasteiger partial charge on any atom is -0.494 e. The number of benzene rings is 2. The van der Waals surface area contributed by atoms with Gasteiger partial charge in [0.25, 0.3) is 0 Å². The summed E-state index contributed by atoms with van der Waals surface area (Å²) in [6.07, 6.45) is 6.53. The van der Waals surface area contributed by atoms with E-state index in [4.69, 9.17) is 4.74 Å². The molecule has 1 aliphatic carbocycles. The summed E-state index contributed by atoms with van der Waals surface area (Å²) in [6, 6.07) is 17.2. The van der Waals surface area contributed by atoms with Crippen molar-refractivity contribution in [2.75, 3.05) is 6.61 Å². The van der Waals surface area contributed by atoms with Crippen molar-refractivity contribution in [3.05, 3.63) is 64.6 Å². The zero-order valence-corrected chi connectivity index (χ0v) is 20.4. The van der Waals surface area contributed by atoms with E-state index in [0.717, 1.165) is 41.5 Å². The highest BCUT2D eigenvalue weighted by atomic mass is 79.9. The highest BCUT2D eigenvalue weighted by Gasteiger charge is 2.27. The lowest BCUT2D eigenvalue weighted by Crippen LogP contribution is -2.50. The van der Waals surface area contributed by atoms with E-state index in [2.05, 4.69) is 21.2 Å². The van der Waals surface area contributed by atoms with Crippen LogP contribution in [-0.2, 0) is 16.1 Å². The summed E-state index contributed by atoms with van der Waals surface area (Å²) in [4.78, 5) is 27.8. The molecule has 1 N–H and O–H groups in total. The van der Waals surface area contributed by atoms with Crippen LogP contribution >= 0.6 is 15.9 Å². The number of halogens is 1. The molecule has 0 aromatic heterocycles. The number of hydrogen-bond acceptors (Lipinski definition) is 3. The van der Waals surface area contributed by atoms with Gasteiger partial charge in [-0.15, -0.1) is 0 Å². The fourth-order valence-electron chi connectivity index (χ4n) is 4.01. The van der Waals surface area contributed by atoms with Crippen molar-refractivity contribution in [1.29, 1.82) is 0 Å². The van der Waals surface area contributed by atoms with Crippen LogP contribution in [0.5, 0.6) is 5.75 Å². The van der Waals surface area contributed by atoms with Gasteiger partial charge in [-0.1, -0.05) is 65.5 Å². The first-order valence-electron chi connectivity index (χ1n) is 11.5. The van der Waals surface area contributed by atoms with Crippen LogP contribution in [0.4, 0.5) is 0 Å². The first-order chi connectivity index (χ1) is 15.5. The lowest BCUT2D eigenvalue weighted by Gasteiger charge is -2.31. The number of ether oxygens (including phenoxy) is 1. The Morgan fingerprint density at radius 1 is 1.06 bits per heavy atom. The van der Waals surface area contributed by atoms with Gasteiger partial charge in [-0.3, -0.25) is 9.59 Å². The van der Waals surface area contributed by atoms with Gasteiger partial charge in [-0.2, -0.15) is 0 Å². The number of rotatable bonds is 10. The van der Waals surface area contributed by atoms with Gasteiger partial charge in [-0.05, 0) is 56.0 Å². The van der Waals surface area contributed by atoms with E-state index in [1.54, 1.807) is 4.90 Å². The van der Waals surface area contributed by atoms with Gasteiger partial charge in [0.15, 0.2) is 0 Å². The summed E-state index contributed by atoms with van der Waals surface area (Å²) >= 11 is 3.45. The van der Waals surface area contributed by atoms with Crippen LogP contribution in [0.3, 0.4) is 0 Å². The molecular weight excluding hydrogens is 468 g/mol. The van der Waals surface area contributed by atoms with Crippen LogP contribution in [0, 0.1) is 0 Å². The summed E-state index contributed by atoms with van der Waals surface area (Å²) in [6.45, 7) is 2.70. The maximum atomic E-state index is 13.1. The lowest BCUT2D eigenvalue weighted by molar-refractivity contribution is -0.141. The smallest absolute Gasteiger partial charge is 0.242 e. The standard InChI is InChI=1S/C26H33BrN2O3/c1-20(26(31)28-23-9-4-2-5-10-23)29(19-21-14-16-22(27)17-15-21)25(30)13-8-18-32-24-11-6-3-7-12-24/h3,6-7,11-12,14-17,20,23H,2,4-5,8-10,13,18-19H2,1H3,(H,28,31)/t20-/m0/s1. The third kappa shape index (κ3) is 7.66. The second-order valence-electron chi connectivity index (χ2n) is 8.43. The minimum atomic E-state index is -0.525. The van der Waals surface area contributed by atoms with Crippen LogP contribution in [0.2, 0.25) is 0 Å². The van der Waals surface area contributed by atoms with Crippen LogP contribution < -0.4 is 10.1 Å². The molecule has 0 heterocycles. The first-order valence-corrected chi connectivity index (χ1v) is 12.3. The Morgan fingerprint density at radius 2 is 1.75 bits per heavy atom. The molecule has 172 valence electrons. The van der Waals surface area contributed by atoms with Crippen LogP contribution in [0.25, 0.3) is 0 Å². The van der Waals surface area contributed by atoms with Crippen LogP contribution in [-0.4, -0.2) is 35.4 Å². The van der Waals surface area contributed by atoms with Gasteiger partial charge < -0.3 is 15.0 Å². The summed E-state index contributed by atoms with van der Waals surface area (Å²) < 4.78 is 6.71. The fraction of sp³-hybridized carbons (Fsp3) is 0.462. The Labute approximate surface area is 199 Å². The molecule has 2 aromatic carbocycles. The molecule has 5 nitrogen and oxygen atoms in total. The summed E-state index contributed by atoms with van der Waals surface area (Å²) in [5.74, 6) is 0.700. The Hall–Kier alpha value is -2.34. The summed E-state index contributed by atoms with van der Waals surface area (Å²) in [5.41, 5.74) is 0.999. The van der Waals surface area contributed by atoms with E-state index in [1.807, 2.05) is 61.5 Å². The highest BCUT2D eigenvalue weighted by molar-refractivity contribution is 9.10. The quantitative estimate of drug-likeness (QED) is 0.439. The topological polar surface area (TPSA) is 58.6 Å². The van der Waals surface area contributed by atoms with Crippen molar-refractivity contribution < 1.29 is 14.3 Å². The van der Waals surface area contributed by atoms with E-state index in [9.17, 15) is 9.59 Å². The predicted molar refractivity (Wildman–Crippen MR) is 130 cm³/mol. The number of nitrogens with one attached hydrogen (secondary N) is 1. The molecule has 0 radical (unpaired) electrons. The zero-order chi connectivity index (χ0) is 22.8. The van der Waals surface area contributed by atoms with Gasteiger partial charge in [0.2, 0.25) is 11.8 Å². The zero-order valence-electron chi connectivity index (χ0n) is 18.8. The molecule has 1 atom stereocenters. The molecule has 0 aliphatic heterocycles. The maximum Gasteiger partial charge on any atom is 0.242 e. The highest BCUT2D eigenvalue weighted by Crippen LogP contribution is 2.19. The second kappa shape index (κ2) is 12.6. The van der Waals surface area contributed by atoms with E-state index < -0.39 is 6.04 Å². The van der Waals surface area contributed by atoms with E-state index in [1.165, 1.54) is 6.42 Å². The Kier molecular flexibility index (Phi) is 9.60. The van der Waals surface area contributed by atoms with Crippen molar-refractivity contribution in [2.24, 2.45) is 0 Å². The number of amides is 2. The number of hydrogen-bond donors (Lipinski definition) is 1. The fourth-order valence-corrected chi connectivity index (χ4v) is 4.28. The third-order valence-corrected chi connectivity index (χ3v) is 6.46. The van der Waals surface area contributed by atoms with Crippen molar-refractivity contribution in [3.63, 3.8) is 0 Å². The van der Waals surface area contributed by atoms with Gasteiger partial charge in [0.05, 0.1) is 6.61 Å². The van der Waals surface area contributed by atoms with Gasteiger partial charge >= 0.3 is 0 Å². The molecule has 1 aliphatic rings. The van der Waals surface area contributed by atoms with Crippen molar-refractivity contribution in [2.45, 2.75) is 70.5 Å². The number of nitrogens with zero attached hydrogens (tertiary/aromatic N) is 1. The van der Waals surface area contributed by atoms with Crippen molar-refractivity contribution in [3.8, 4) is 5.75 Å². The minimum absolute atomic E-state index is 0.0316. The Bertz CT molecular complexity index is 851. The predicted octanol–water partition coefficient (Wildman–Crippen LogP) is 5.47. The van der Waals surface area contributed by atoms with E-state index in [0.29, 0.717) is 26.0 Å². The van der Waals surface area contributed by atoms with Gasteiger partial charge in [-0.25, -0.2) is 0 Å². The lowest BCUT2D eigenvalue weighted by atomic mass is 9.95. The Balaban J connectivity index is 1.59. The second-order valence-corrected chi connectivity index (χ2v) is 9.35. The molecule has 3 rings (SSSR count). The molecule has 1 saturated carbocycles. The van der Waals surface area contributed by atoms with Gasteiger partial charge in [0, 0.05) is 23.5 Å². The molecule has 2 aromatic rings. The SMILES string of the molecule is C[C@@H](C(=O)NC1CCCCC1)N(Cc1ccc(Br)cc1)C(=O)CCCOc1ccccc1. The largest absolute Gasteiger partial charge is 0.494 e. The summed E-state index contributed by atoms with van der Waals surface area (Å²) in [5, 5.41) is 3.17. The molecule has 2 amide bonds. The Morgan fingerprint density at radius 3 is 2.44 bits per heavy atom. The molecule has 32 heavy (non-hydrogen) atoms. The molecule has 6 heteroatoms. The van der Waals surface area contributed by atoms with Crippen molar-refractivity contribution in [1.82, 2.24) is 10.2 Å². The monoisotopic (exact) mass is 500 g/mol. The molecule has 0 spiro atoms. The van der Waals surface area contributed by atoms with Crippen LogP contribution in [0.15, 0.2) is 59.1 Å². The van der Waals surface area contributed by atoms with Crippen molar-refractivity contribution >= 4 is 27.7 Å². The van der Waals surface area contributed by atoms with Gasteiger partial charge in [0.1, 0.15) is 11.8 Å². The maximum absolute atomic E-state index is 13.1. The molecule has 0 unspecified atom stereocenters. The average Bonchev–Trinajstić information content (AvgIpc) is 2.82. The first kappa shape index (κ1) is 24.3. The molecular formula is C26H33BrN2O3. The molecule has 0 bridgehead atoms. The number of carbonyl (C=O) groups is 2.